The zero-order valence-corrected chi connectivity index (χ0v) is 24.7. The van der Waals surface area contributed by atoms with Gasteiger partial charge in [-0.25, -0.2) is 14.6 Å². The Balaban J connectivity index is 1.67. The van der Waals surface area contributed by atoms with E-state index >= 15 is 0 Å². The van der Waals surface area contributed by atoms with E-state index in [1.54, 1.807) is 31.1 Å². The second-order valence-corrected chi connectivity index (χ2v) is 14.3. The molecular formula is C24H28N6O7S3. The molecule has 1 saturated carbocycles. The summed E-state index contributed by atoms with van der Waals surface area (Å²) in [5, 5.41) is 14.8. The number of sulfonamides is 1. The van der Waals surface area contributed by atoms with Crippen molar-refractivity contribution in [3.05, 3.63) is 60.4 Å². The highest BCUT2D eigenvalue weighted by Crippen LogP contribution is 2.45. The molecule has 0 radical (unpaired) electrons. The molecule has 13 nitrogen and oxygen atoms in total. The van der Waals surface area contributed by atoms with Gasteiger partial charge in [0.15, 0.2) is 0 Å². The molecule has 1 fully saturated rings. The summed E-state index contributed by atoms with van der Waals surface area (Å²) >= 11 is 2.12. The quantitative estimate of drug-likeness (QED) is 0.285. The number of thiophene rings is 1. The van der Waals surface area contributed by atoms with Crippen LogP contribution in [0.3, 0.4) is 0 Å². The number of nitrogens with zero attached hydrogens (tertiary/aromatic N) is 6. The van der Waals surface area contributed by atoms with Crippen LogP contribution < -0.4 is 11.2 Å². The summed E-state index contributed by atoms with van der Waals surface area (Å²) in [5.74, 6) is 0. The van der Waals surface area contributed by atoms with Crippen molar-refractivity contribution in [3.8, 4) is 0 Å². The predicted molar refractivity (Wildman–Crippen MR) is 149 cm³/mol. The summed E-state index contributed by atoms with van der Waals surface area (Å²) in [7, 11) is -2.93. The minimum atomic E-state index is -4.50. The third-order valence-corrected chi connectivity index (χ3v) is 11.5. The largest absolute Gasteiger partial charge is 0.464 e. The van der Waals surface area contributed by atoms with Crippen molar-refractivity contribution in [2.45, 2.75) is 63.0 Å². The molecule has 0 bridgehead atoms. The second kappa shape index (κ2) is 10.2. The Bertz CT molecular complexity index is 1840. The number of hydrogen-bond donors (Lipinski definition) is 1. The molecule has 40 heavy (non-hydrogen) atoms. The normalized spacial score (nSPS) is 14.6. The first-order valence-electron chi connectivity index (χ1n) is 12.3. The van der Waals surface area contributed by atoms with Gasteiger partial charge >= 0.3 is 11.8 Å². The number of ether oxygens (including phenoxy) is 1. The molecule has 5 rings (SSSR count). The maximum atomic E-state index is 13.8. The Morgan fingerprint density at radius 3 is 2.52 bits per heavy atom. The lowest BCUT2D eigenvalue weighted by molar-refractivity contribution is 0.159. The van der Waals surface area contributed by atoms with Gasteiger partial charge in [0, 0.05) is 23.7 Å². The molecule has 4 aromatic heterocycles. The van der Waals surface area contributed by atoms with Crippen molar-refractivity contribution in [2.24, 2.45) is 0 Å². The summed E-state index contributed by atoms with van der Waals surface area (Å²) in [6.07, 6.45) is 2.48. The van der Waals surface area contributed by atoms with Crippen molar-refractivity contribution < 1.29 is 23.1 Å². The van der Waals surface area contributed by atoms with Crippen molar-refractivity contribution >= 4 is 49.0 Å². The maximum Gasteiger partial charge on any atom is 0.421 e. The first-order chi connectivity index (χ1) is 18.9. The molecule has 1 N–H and O–H groups in total. The fraction of sp³-hybridized carbons (Fsp3) is 0.458. The zero-order valence-electron chi connectivity index (χ0n) is 22.3. The standard InChI is InChI=1S/C24H28N6O7S3/c1-14-18(38-15(2)26-14)13-29-21-17(9-19(39-21)40(35,36)30(23(33)34)24(3)5-6-24)20(31)28(22(29)32)12-16-10-25-27(11-16)7-8-37-4/h9-11H,5-8,12-13H2,1-4H3,(H,33,34). The highest BCUT2D eigenvalue weighted by molar-refractivity contribution is 7.92. The molecule has 1 amide bonds. The molecule has 0 aromatic carbocycles. The van der Waals surface area contributed by atoms with E-state index in [0.717, 1.165) is 31.5 Å². The van der Waals surface area contributed by atoms with Crippen LogP contribution in [0.25, 0.3) is 10.2 Å². The second-order valence-electron chi connectivity index (χ2n) is 9.94. The molecule has 4 aromatic rings. The SMILES string of the molecule is COCCn1cc(Cn2c(=O)c3cc(S(=O)(=O)N(C(=O)O)C4(C)CC4)sc3n(Cc3sc(C)nc3C)c2=O)cn1. The monoisotopic (exact) mass is 608 g/mol. The molecule has 0 unspecified atom stereocenters. The summed E-state index contributed by atoms with van der Waals surface area (Å²) in [5.41, 5.74) is -1.00. The molecule has 214 valence electrons. The lowest BCUT2D eigenvalue weighted by atomic mass is 10.3. The van der Waals surface area contributed by atoms with Crippen LogP contribution in [-0.2, 0) is 34.4 Å². The smallest absolute Gasteiger partial charge is 0.421 e. The molecule has 4 heterocycles. The van der Waals surface area contributed by atoms with Crippen LogP contribution in [0.2, 0.25) is 0 Å². The minimum Gasteiger partial charge on any atom is -0.464 e. The van der Waals surface area contributed by atoms with Crippen molar-refractivity contribution in [1.82, 2.24) is 28.2 Å². The number of hydrogen-bond acceptors (Lipinski definition) is 10. The Kier molecular flexibility index (Phi) is 7.22. The van der Waals surface area contributed by atoms with Crippen molar-refractivity contribution in [1.29, 1.82) is 0 Å². The molecule has 1 aliphatic rings. The molecule has 0 atom stereocenters. The first kappa shape index (κ1) is 28.2. The van der Waals surface area contributed by atoms with Gasteiger partial charge in [-0.2, -0.15) is 17.8 Å². The topological polar surface area (TPSA) is 159 Å². The van der Waals surface area contributed by atoms with Crippen molar-refractivity contribution in [2.75, 3.05) is 13.7 Å². The highest BCUT2D eigenvalue weighted by atomic mass is 32.2. The summed E-state index contributed by atoms with van der Waals surface area (Å²) < 4.78 is 36.4. The van der Waals surface area contributed by atoms with Crippen LogP contribution in [0.15, 0.2) is 32.3 Å². The summed E-state index contributed by atoms with van der Waals surface area (Å²) in [6, 6.07) is 1.18. The number of fused-ring (bicyclic) bond motifs is 1. The average Bonchev–Trinajstić information content (AvgIpc) is 3.22. The predicted octanol–water partition coefficient (Wildman–Crippen LogP) is 2.46. The third-order valence-electron chi connectivity index (χ3n) is 6.86. The Labute approximate surface area is 236 Å². The van der Waals surface area contributed by atoms with E-state index in [0.29, 0.717) is 35.9 Å². The van der Waals surface area contributed by atoms with Gasteiger partial charge in [0.25, 0.3) is 15.6 Å². The number of methoxy groups -OCH3 is 1. The fourth-order valence-corrected chi connectivity index (χ4v) is 8.62. The molecule has 0 spiro atoms. The fourth-order valence-electron chi connectivity index (χ4n) is 4.52. The van der Waals surface area contributed by atoms with Gasteiger partial charge in [-0.3, -0.25) is 18.6 Å². The van der Waals surface area contributed by atoms with Gasteiger partial charge in [-0.05, 0) is 39.7 Å². The number of carbonyl (C=O) groups is 1. The van der Waals surface area contributed by atoms with Crippen LogP contribution in [0.5, 0.6) is 0 Å². The Morgan fingerprint density at radius 1 is 1.20 bits per heavy atom. The number of aromatic nitrogens is 5. The van der Waals surface area contributed by atoms with E-state index in [-0.39, 0.29) is 27.5 Å². The molecular weight excluding hydrogens is 581 g/mol. The first-order valence-corrected chi connectivity index (χ1v) is 15.4. The van der Waals surface area contributed by atoms with Crippen LogP contribution >= 0.6 is 22.7 Å². The number of aryl methyl sites for hydroxylation is 2. The van der Waals surface area contributed by atoms with Gasteiger partial charge in [0.05, 0.1) is 54.1 Å². The Morgan fingerprint density at radius 2 is 1.93 bits per heavy atom. The zero-order chi connectivity index (χ0) is 29.0. The lowest BCUT2D eigenvalue weighted by Gasteiger charge is -2.24. The van der Waals surface area contributed by atoms with E-state index in [2.05, 4.69) is 10.1 Å². The third kappa shape index (κ3) is 5.00. The van der Waals surface area contributed by atoms with Crippen LogP contribution in [-0.4, -0.2) is 67.1 Å². The van der Waals surface area contributed by atoms with E-state index < -0.39 is 32.9 Å². The molecule has 0 saturated heterocycles. The molecule has 16 heteroatoms. The van der Waals surface area contributed by atoms with Crippen LogP contribution in [0, 0.1) is 13.8 Å². The number of carboxylic acid groups (broad SMARTS) is 1. The van der Waals surface area contributed by atoms with E-state index in [4.69, 9.17) is 4.74 Å². The molecule has 0 aliphatic heterocycles. The van der Waals surface area contributed by atoms with Gasteiger partial charge in [-0.15, -0.1) is 22.7 Å². The Hall–Kier alpha value is -3.34. The number of rotatable bonds is 10. The van der Waals surface area contributed by atoms with Gasteiger partial charge in [0.2, 0.25) is 0 Å². The number of thiazole rings is 1. The van der Waals surface area contributed by atoms with Gasteiger partial charge in [-0.1, -0.05) is 0 Å². The average molecular weight is 609 g/mol. The number of amides is 1. The van der Waals surface area contributed by atoms with Crippen molar-refractivity contribution in [3.63, 3.8) is 0 Å². The summed E-state index contributed by atoms with van der Waals surface area (Å²) in [6.45, 7) is 6.14. The summed E-state index contributed by atoms with van der Waals surface area (Å²) in [4.78, 5) is 44.8. The highest BCUT2D eigenvalue weighted by Gasteiger charge is 2.53. The van der Waals surface area contributed by atoms with E-state index in [9.17, 15) is 27.9 Å². The minimum absolute atomic E-state index is 0.0140. The maximum absolute atomic E-state index is 13.8. The lowest BCUT2D eigenvalue weighted by Crippen LogP contribution is -2.43. The van der Waals surface area contributed by atoms with Crippen LogP contribution in [0.1, 0.15) is 40.9 Å². The van der Waals surface area contributed by atoms with Gasteiger partial charge < -0.3 is 9.84 Å². The van der Waals surface area contributed by atoms with Gasteiger partial charge in [0.1, 0.15) is 9.04 Å². The van der Waals surface area contributed by atoms with E-state index in [1.807, 2.05) is 13.8 Å². The van der Waals surface area contributed by atoms with Crippen LogP contribution in [0.4, 0.5) is 4.79 Å². The van der Waals surface area contributed by atoms with E-state index in [1.165, 1.54) is 22.0 Å². The molecule has 1 aliphatic carbocycles.